The Kier molecular flexibility index (Phi) is 7.98. The van der Waals surface area contributed by atoms with E-state index in [1.807, 2.05) is 18.2 Å². The number of rotatable bonds is 9. The Labute approximate surface area is 175 Å². The molecule has 2 heterocycles. The fourth-order valence-electron chi connectivity index (χ4n) is 3.35. The van der Waals surface area contributed by atoms with E-state index >= 15 is 0 Å². The van der Waals surface area contributed by atoms with E-state index in [0.29, 0.717) is 19.1 Å². The van der Waals surface area contributed by atoms with E-state index in [0.717, 1.165) is 43.3 Å². The second-order valence-corrected chi connectivity index (χ2v) is 7.93. The van der Waals surface area contributed by atoms with Crippen molar-refractivity contribution in [3.63, 3.8) is 0 Å². The van der Waals surface area contributed by atoms with Crippen molar-refractivity contribution in [1.29, 1.82) is 0 Å². The minimum absolute atomic E-state index is 0.0878. The first-order valence-corrected chi connectivity index (χ1v) is 10.9. The minimum atomic E-state index is -0.320. The molecule has 0 aliphatic carbocycles. The molecule has 1 fully saturated rings. The summed E-state index contributed by atoms with van der Waals surface area (Å²) in [7, 11) is 0. The summed E-state index contributed by atoms with van der Waals surface area (Å²) in [4.78, 5) is 30.2. The summed E-state index contributed by atoms with van der Waals surface area (Å²) >= 11 is 1.46. The third kappa shape index (κ3) is 6.81. The van der Waals surface area contributed by atoms with Crippen LogP contribution in [0.4, 0.5) is 5.13 Å². The molecule has 0 bridgehead atoms. The Bertz CT molecular complexity index is 788. The Hall–Kier alpha value is -2.48. The Morgan fingerprint density at radius 1 is 1.21 bits per heavy atom. The number of nitrogens with zero attached hydrogens (tertiary/aromatic N) is 3. The van der Waals surface area contributed by atoms with Crippen LogP contribution in [0.1, 0.15) is 44.0 Å². The first kappa shape index (κ1) is 21.2. The van der Waals surface area contributed by atoms with Crippen molar-refractivity contribution in [2.75, 3.05) is 31.1 Å². The van der Waals surface area contributed by atoms with Crippen LogP contribution < -0.4 is 10.2 Å². The average Bonchev–Trinajstić information content (AvgIpc) is 3.20. The van der Waals surface area contributed by atoms with E-state index in [1.54, 1.807) is 6.92 Å². The SMILES string of the molecule is CCOC(=O)CCC(=O)NCC1CCN(c2nc(Cc3ccccc3)ns2)CC1. The highest BCUT2D eigenvalue weighted by molar-refractivity contribution is 7.09. The quantitative estimate of drug-likeness (QED) is 0.633. The molecule has 29 heavy (non-hydrogen) atoms. The lowest BCUT2D eigenvalue weighted by Gasteiger charge is -2.31. The van der Waals surface area contributed by atoms with Crippen LogP contribution in [0.5, 0.6) is 0 Å². The summed E-state index contributed by atoms with van der Waals surface area (Å²) in [5.74, 6) is 0.913. The molecule has 7 nitrogen and oxygen atoms in total. The number of esters is 1. The van der Waals surface area contributed by atoms with Crippen LogP contribution in [-0.2, 0) is 20.7 Å². The van der Waals surface area contributed by atoms with E-state index in [9.17, 15) is 9.59 Å². The molecule has 0 radical (unpaired) electrons. The molecule has 1 aliphatic heterocycles. The first-order chi connectivity index (χ1) is 14.1. The van der Waals surface area contributed by atoms with Crippen molar-refractivity contribution in [2.45, 2.75) is 39.0 Å². The zero-order valence-electron chi connectivity index (χ0n) is 16.8. The summed E-state index contributed by atoms with van der Waals surface area (Å²) in [6, 6.07) is 10.3. The van der Waals surface area contributed by atoms with Gasteiger partial charge < -0.3 is 15.0 Å². The minimum Gasteiger partial charge on any atom is -0.466 e. The molecule has 2 aromatic rings. The maximum absolute atomic E-state index is 11.9. The second kappa shape index (κ2) is 10.9. The van der Waals surface area contributed by atoms with Crippen LogP contribution in [-0.4, -0.2) is 47.5 Å². The van der Waals surface area contributed by atoms with Crippen molar-refractivity contribution in [1.82, 2.24) is 14.7 Å². The van der Waals surface area contributed by atoms with Crippen LogP contribution >= 0.6 is 11.5 Å². The number of amides is 1. The predicted molar refractivity (Wildman–Crippen MR) is 113 cm³/mol. The van der Waals surface area contributed by atoms with Crippen LogP contribution in [0.3, 0.4) is 0 Å². The van der Waals surface area contributed by atoms with Gasteiger partial charge in [0.15, 0.2) is 0 Å². The molecule has 0 saturated carbocycles. The van der Waals surface area contributed by atoms with Crippen molar-refractivity contribution >= 4 is 28.5 Å². The number of benzene rings is 1. The monoisotopic (exact) mass is 416 g/mol. The van der Waals surface area contributed by atoms with Crippen LogP contribution in [0.15, 0.2) is 30.3 Å². The normalized spacial score (nSPS) is 14.6. The molecule has 3 rings (SSSR count). The molecule has 0 atom stereocenters. The Morgan fingerprint density at radius 3 is 2.69 bits per heavy atom. The maximum Gasteiger partial charge on any atom is 0.306 e. The van der Waals surface area contributed by atoms with Gasteiger partial charge in [-0.3, -0.25) is 9.59 Å². The Balaban J connectivity index is 1.37. The van der Waals surface area contributed by atoms with Gasteiger partial charge in [0.2, 0.25) is 11.0 Å². The summed E-state index contributed by atoms with van der Waals surface area (Å²) in [6.45, 7) is 4.61. The highest BCUT2D eigenvalue weighted by Gasteiger charge is 2.22. The highest BCUT2D eigenvalue weighted by Crippen LogP contribution is 2.25. The standard InChI is InChI=1S/C21H28N4O3S/c1-2-28-20(27)9-8-19(26)22-15-17-10-12-25(13-11-17)21-23-18(24-29-21)14-16-6-4-3-5-7-16/h3-7,17H,2,8-15H2,1H3,(H,22,26). The van der Waals surface area contributed by atoms with Crippen LogP contribution in [0.2, 0.25) is 0 Å². The van der Waals surface area contributed by atoms with Gasteiger partial charge >= 0.3 is 5.97 Å². The number of nitrogens with one attached hydrogen (secondary N) is 1. The van der Waals surface area contributed by atoms with Gasteiger partial charge in [-0.2, -0.15) is 4.37 Å². The molecular weight excluding hydrogens is 388 g/mol. The van der Waals surface area contributed by atoms with Crippen molar-refractivity contribution in [3.8, 4) is 0 Å². The number of ether oxygens (including phenoxy) is 1. The van der Waals surface area contributed by atoms with Gasteiger partial charge in [-0.05, 0) is 31.2 Å². The molecular formula is C21H28N4O3S. The number of anilines is 1. The number of carbonyl (C=O) groups is 2. The highest BCUT2D eigenvalue weighted by atomic mass is 32.1. The van der Waals surface area contributed by atoms with Gasteiger partial charge in [0.1, 0.15) is 5.82 Å². The van der Waals surface area contributed by atoms with Gasteiger partial charge in [0.05, 0.1) is 13.0 Å². The fourth-order valence-corrected chi connectivity index (χ4v) is 4.08. The van der Waals surface area contributed by atoms with Crippen molar-refractivity contribution in [2.24, 2.45) is 5.92 Å². The lowest BCUT2D eigenvalue weighted by Crippen LogP contribution is -2.38. The van der Waals surface area contributed by atoms with E-state index in [-0.39, 0.29) is 24.7 Å². The van der Waals surface area contributed by atoms with Crippen molar-refractivity contribution in [3.05, 3.63) is 41.7 Å². The molecule has 1 aromatic heterocycles. The van der Waals surface area contributed by atoms with E-state index in [1.165, 1.54) is 17.1 Å². The molecule has 1 N–H and O–H groups in total. The third-order valence-electron chi connectivity index (χ3n) is 5.00. The molecule has 0 unspecified atom stereocenters. The number of hydrogen-bond donors (Lipinski definition) is 1. The summed E-state index contributed by atoms with van der Waals surface area (Å²) in [6.07, 6.45) is 3.09. The van der Waals surface area contributed by atoms with Crippen LogP contribution in [0.25, 0.3) is 0 Å². The molecule has 156 valence electrons. The summed E-state index contributed by atoms with van der Waals surface area (Å²) in [5.41, 5.74) is 1.22. The average molecular weight is 417 g/mol. The lowest BCUT2D eigenvalue weighted by atomic mass is 9.97. The largest absolute Gasteiger partial charge is 0.466 e. The van der Waals surface area contributed by atoms with Crippen LogP contribution in [0, 0.1) is 5.92 Å². The molecule has 1 aromatic carbocycles. The molecule has 1 amide bonds. The smallest absolute Gasteiger partial charge is 0.306 e. The summed E-state index contributed by atoms with van der Waals surface area (Å²) < 4.78 is 9.35. The molecule has 0 spiro atoms. The molecule has 8 heteroatoms. The predicted octanol–water partition coefficient (Wildman–Crippen LogP) is 2.80. The van der Waals surface area contributed by atoms with E-state index in [2.05, 4.69) is 26.7 Å². The number of hydrogen-bond acceptors (Lipinski definition) is 7. The summed E-state index contributed by atoms with van der Waals surface area (Å²) in [5, 5.41) is 3.92. The van der Waals surface area contributed by atoms with E-state index in [4.69, 9.17) is 9.72 Å². The molecule has 1 aliphatic rings. The van der Waals surface area contributed by atoms with Crippen molar-refractivity contribution < 1.29 is 14.3 Å². The number of piperidine rings is 1. The molecule has 1 saturated heterocycles. The maximum atomic E-state index is 11.9. The Morgan fingerprint density at radius 2 is 1.97 bits per heavy atom. The third-order valence-corrected chi connectivity index (χ3v) is 5.81. The van der Waals surface area contributed by atoms with Gasteiger partial charge in [-0.25, -0.2) is 4.98 Å². The second-order valence-electron chi connectivity index (χ2n) is 7.20. The van der Waals surface area contributed by atoms with Gasteiger partial charge in [0, 0.05) is 44.0 Å². The number of carbonyl (C=O) groups excluding carboxylic acids is 2. The van der Waals surface area contributed by atoms with E-state index < -0.39 is 0 Å². The fraction of sp³-hybridized carbons (Fsp3) is 0.524. The number of aromatic nitrogens is 2. The van der Waals surface area contributed by atoms with Gasteiger partial charge in [-0.1, -0.05) is 30.3 Å². The zero-order valence-corrected chi connectivity index (χ0v) is 17.6. The lowest BCUT2D eigenvalue weighted by molar-refractivity contribution is -0.144. The van der Waals surface area contributed by atoms with Gasteiger partial charge in [-0.15, -0.1) is 0 Å². The first-order valence-electron chi connectivity index (χ1n) is 10.2. The topological polar surface area (TPSA) is 84.4 Å². The van der Waals surface area contributed by atoms with Gasteiger partial charge in [0.25, 0.3) is 0 Å². The zero-order chi connectivity index (χ0) is 20.5.